The molecule has 1 fully saturated rings. The Hall–Kier alpha value is -3.76. The van der Waals surface area contributed by atoms with Crippen molar-refractivity contribution < 1.29 is 23.9 Å². The van der Waals surface area contributed by atoms with Crippen LogP contribution >= 0.6 is 28.1 Å². The number of benzene rings is 3. The Balaban J connectivity index is 1.33. The molecule has 214 valence electrons. The summed E-state index contributed by atoms with van der Waals surface area (Å²) in [7, 11) is 0. The van der Waals surface area contributed by atoms with E-state index in [-0.39, 0.29) is 24.0 Å². The van der Waals surface area contributed by atoms with Crippen LogP contribution in [0.5, 0.6) is 5.75 Å². The third-order valence-corrected chi connectivity index (χ3v) is 7.39. The summed E-state index contributed by atoms with van der Waals surface area (Å²) in [5, 5.41) is 5.54. The molecule has 8 nitrogen and oxygen atoms in total. The number of amides is 2. The molecule has 0 aliphatic carbocycles. The second-order valence-electron chi connectivity index (χ2n) is 9.50. The summed E-state index contributed by atoms with van der Waals surface area (Å²) in [5.74, 6) is -0.905. The highest BCUT2D eigenvalue weighted by Gasteiger charge is 2.34. The van der Waals surface area contributed by atoms with Crippen molar-refractivity contribution in [2.45, 2.75) is 31.7 Å². The number of esters is 1. The Labute approximate surface area is 253 Å². The minimum absolute atomic E-state index is 0.0574. The van der Waals surface area contributed by atoms with Crippen LogP contribution in [-0.4, -0.2) is 60.1 Å². The predicted octanol–water partition coefficient (Wildman–Crippen LogP) is 4.45. The van der Waals surface area contributed by atoms with Gasteiger partial charge in [-0.1, -0.05) is 76.6 Å². The lowest BCUT2D eigenvalue weighted by Crippen LogP contribution is -2.60. The quantitative estimate of drug-likeness (QED) is 0.182. The van der Waals surface area contributed by atoms with Crippen LogP contribution in [0.1, 0.15) is 34.3 Å². The van der Waals surface area contributed by atoms with Crippen LogP contribution in [0, 0.1) is 0 Å². The molecule has 10 heteroatoms. The molecule has 0 saturated carbocycles. The monoisotopic (exact) mass is 637 g/mol. The van der Waals surface area contributed by atoms with Gasteiger partial charge in [0, 0.05) is 24.0 Å². The molecule has 0 spiro atoms. The van der Waals surface area contributed by atoms with Crippen LogP contribution in [0.4, 0.5) is 0 Å². The van der Waals surface area contributed by atoms with E-state index in [0.29, 0.717) is 48.3 Å². The number of carbonyl (C=O) groups is 3. The van der Waals surface area contributed by atoms with Gasteiger partial charge in [-0.25, -0.2) is 0 Å². The number of piperazine rings is 1. The van der Waals surface area contributed by atoms with Crippen molar-refractivity contribution in [3.8, 4) is 5.75 Å². The SMILES string of the molecule is O=C(CC1C(=O)NCCN1C(=S)NC(=O)c1cc(Br)ccc1OCCc1ccccc1)OCCCc1ccccc1. The Bertz CT molecular complexity index is 1360. The first-order chi connectivity index (χ1) is 19.9. The fourth-order valence-electron chi connectivity index (χ4n) is 4.45. The molecular weight excluding hydrogens is 606 g/mol. The van der Waals surface area contributed by atoms with E-state index in [0.717, 1.165) is 17.5 Å². The lowest BCUT2D eigenvalue weighted by Gasteiger charge is -2.36. The number of thiocarbonyl (C=S) groups is 1. The first kappa shape index (κ1) is 30.2. The predicted molar refractivity (Wildman–Crippen MR) is 164 cm³/mol. The maximum absolute atomic E-state index is 13.3. The third-order valence-electron chi connectivity index (χ3n) is 6.57. The molecule has 41 heavy (non-hydrogen) atoms. The lowest BCUT2D eigenvalue weighted by molar-refractivity contribution is -0.147. The van der Waals surface area contributed by atoms with E-state index in [4.69, 9.17) is 21.7 Å². The molecular formula is C31H32BrN3O5S. The molecule has 4 rings (SSSR count). The number of halogens is 1. The van der Waals surface area contributed by atoms with Crippen molar-refractivity contribution in [2.75, 3.05) is 26.3 Å². The molecule has 3 aromatic rings. The third kappa shape index (κ3) is 9.12. The number of nitrogens with zero attached hydrogens (tertiary/aromatic N) is 1. The van der Waals surface area contributed by atoms with Gasteiger partial charge in [0.1, 0.15) is 11.8 Å². The highest BCUT2D eigenvalue weighted by atomic mass is 79.9. The maximum Gasteiger partial charge on any atom is 0.308 e. The number of hydrogen-bond donors (Lipinski definition) is 2. The van der Waals surface area contributed by atoms with Gasteiger partial charge in [-0.3, -0.25) is 19.7 Å². The van der Waals surface area contributed by atoms with E-state index in [1.165, 1.54) is 0 Å². The molecule has 0 bridgehead atoms. The van der Waals surface area contributed by atoms with E-state index in [1.807, 2.05) is 60.7 Å². The van der Waals surface area contributed by atoms with Crippen molar-refractivity contribution in [3.63, 3.8) is 0 Å². The maximum atomic E-state index is 13.3. The normalized spacial score (nSPS) is 14.6. The molecule has 2 N–H and O–H groups in total. The number of rotatable bonds is 11. The molecule has 1 atom stereocenters. The summed E-state index contributed by atoms with van der Waals surface area (Å²) in [4.78, 5) is 40.1. The van der Waals surface area contributed by atoms with E-state index in [9.17, 15) is 14.4 Å². The summed E-state index contributed by atoms with van der Waals surface area (Å²) in [6.45, 7) is 1.31. The zero-order valence-corrected chi connectivity index (χ0v) is 24.9. The Kier molecular flexibility index (Phi) is 11.3. The summed E-state index contributed by atoms with van der Waals surface area (Å²) >= 11 is 8.94. The second-order valence-corrected chi connectivity index (χ2v) is 10.8. The fourth-order valence-corrected chi connectivity index (χ4v) is 5.12. The molecule has 1 aliphatic rings. The standard InChI is InChI=1S/C31H32BrN3O5S/c32-24-13-14-27(39-19-15-23-10-5-2-6-11-23)25(20-24)29(37)34-31(41)35-17-16-33-30(38)26(35)21-28(36)40-18-7-12-22-8-3-1-4-9-22/h1-6,8-11,13-14,20,26H,7,12,15-19,21H2,(H,33,38)(H,34,37,41). The van der Waals surface area contributed by atoms with Crippen molar-refractivity contribution in [1.29, 1.82) is 0 Å². The topological polar surface area (TPSA) is 97.0 Å². The van der Waals surface area contributed by atoms with Gasteiger partial charge < -0.3 is 19.7 Å². The van der Waals surface area contributed by atoms with Crippen molar-refractivity contribution >= 4 is 51.0 Å². The first-order valence-electron chi connectivity index (χ1n) is 13.5. The van der Waals surface area contributed by atoms with E-state index >= 15 is 0 Å². The molecule has 1 aliphatic heterocycles. The average molecular weight is 639 g/mol. The van der Waals surface area contributed by atoms with Gasteiger partial charge in [0.25, 0.3) is 5.91 Å². The van der Waals surface area contributed by atoms with Crippen molar-refractivity contribution in [2.24, 2.45) is 0 Å². The zero-order valence-electron chi connectivity index (χ0n) is 22.5. The number of ether oxygens (including phenoxy) is 2. The Morgan fingerprint density at radius 2 is 1.66 bits per heavy atom. The minimum Gasteiger partial charge on any atom is -0.492 e. The van der Waals surface area contributed by atoms with Gasteiger partial charge in [-0.05, 0) is 54.4 Å². The van der Waals surface area contributed by atoms with Gasteiger partial charge in [0.15, 0.2) is 5.11 Å². The van der Waals surface area contributed by atoms with Crippen LogP contribution in [-0.2, 0) is 27.2 Å². The number of nitrogens with one attached hydrogen (secondary N) is 2. The zero-order chi connectivity index (χ0) is 29.0. The Morgan fingerprint density at radius 1 is 0.976 bits per heavy atom. The van der Waals surface area contributed by atoms with E-state index in [2.05, 4.69) is 26.6 Å². The smallest absolute Gasteiger partial charge is 0.308 e. The van der Waals surface area contributed by atoms with Gasteiger partial charge in [-0.2, -0.15) is 0 Å². The number of carbonyl (C=O) groups excluding carboxylic acids is 3. The molecule has 1 saturated heterocycles. The largest absolute Gasteiger partial charge is 0.492 e. The highest BCUT2D eigenvalue weighted by molar-refractivity contribution is 9.10. The summed E-state index contributed by atoms with van der Waals surface area (Å²) in [6, 6.07) is 24.1. The van der Waals surface area contributed by atoms with Crippen LogP contribution in [0.15, 0.2) is 83.3 Å². The molecule has 1 heterocycles. The van der Waals surface area contributed by atoms with Gasteiger partial charge in [-0.15, -0.1) is 0 Å². The number of aryl methyl sites for hydroxylation is 1. The van der Waals surface area contributed by atoms with Crippen molar-refractivity contribution in [1.82, 2.24) is 15.5 Å². The molecule has 0 aromatic heterocycles. The molecule has 1 unspecified atom stereocenters. The highest BCUT2D eigenvalue weighted by Crippen LogP contribution is 2.24. The van der Waals surface area contributed by atoms with Gasteiger partial charge in [0.05, 0.1) is 25.2 Å². The minimum atomic E-state index is -0.887. The lowest BCUT2D eigenvalue weighted by atomic mass is 10.1. The first-order valence-corrected chi connectivity index (χ1v) is 14.7. The summed E-state index contributed by atoms with van der Waals surface area (Å²) in [5.41, 5.74) is 2.59. The molecule has 3 aromatic carbocycles. The summed E-state index contributed by atoms with van der Waals surface area (Å²) < 4.78 is 12.0. The molecule has 2 amide bonds. The van der Waals surface area contributed by atoms with Crippen LogP contribution < -0.4 is 15.4 Å². The second kappa shape index (κ2) is 15.3. The van der Waals surface area contributed by atoms with E-state index < -0.39 is 17.9 Å². The fraction of sp³-hybridized carbons (Fsp3) is 0.290. The summed E-state index contributed by atoms with van der Waals surface area (Å²) in [6.07, 6.45) is 1.96. The van der Waals surface area contributed by atoms with Crippen molar-refractivity contribution in [3.05, 3.63) is 100 Å². The number of hydrogen-bond acceptors (Lipinski definition) is 6. The van der Waals surface area contributed by atoms with E-state index in [1.54, 1.807) is 23.1 Å². The van der Waals surface area contributed by atoms with Gasteiger partial charge in [0.2, 0.25) is 5.91 Å². The van der Waals surface area contributed by atoms with Crippen LogP contribution in [0.25, 0.3) is 0 Å². The average Bonchev–Trinajstić information content (AvgIpc) is 2.98. The Morgan fingerprint density at radius 3 is 2.37 bits per heavy atom. The van der Waals surface area contributed by atoms with Crippen LogP contribution in [0.2, 0.25) is 0 Å². The van der Waals surface area contributed by atoms with Gasteiger partial charge >= 0.3 is 5.97 Å². The molecule has 0 radical (unpaired) electrons. The van der Waals surface area contributed by atoms with Crippen LogP contribution in [0.3, 0.4) is 0 Å².